The lowest BCUT2D eigenvalue weighted by molar-refractivity contribution is 0.283. The molecule has 0 aromatic rings. The average molecular weight is 242 g/mol. The van der Waals surface area contributed by atoms with E-state index in [1.165, 1.54) is 0 Å². The van der Waals surface area contributed by atoms with Gasteiger partial charge in [-0.3, -0.25) is 0 Å². The van der Waals surface area contributed by atoms with Crippen molar-refractivity contribution in [3.05, 3.63) is 0 Å². The fourth-order valence-corrected chi connectivity index (χ4v) is 3.60. The van der Waals surface area contributed by atoms with Crippen LogP contribution in [0.4, 0.5) is 0 Å². The van der Waals surface area contributed by atoms with Crippen molar-refractivity contribution in [2.45, 2.75) is 25.7 Å². The minimum atomic E-state index is -1.40. The number of aliphatic hydroxyl groups is 2. The zero-order valence-electron chi connectivity index (χ0n) is 8.18. The molecule has 6 heteroatoms. The lowest BCUT2D eigenvalue weighted by atomic mass is 10.2. The normalized spacial score (nSPS) is 15.3. The third kappa shape index (κ3) is 7.61. The summed E-state index contributed by atoms with van der Waals surface area (Å²) in [5, 5.41) is 17.0. The Hall–Kier alpha value is 0.220. The first-order valence-corrected chi connectivity index (χ1v) is 7.86. The molecule has 0 heterocycles. The van der Waals surface area contributed by atoms with Crippen molar-refractivity contribution in [3.8, 4) is 0 Å². The lowest BCUT2D eigenvalue weighted by Gasteiger charge is -2.00. The number of hydrogen-bond donors (Lipinski definition) is 2. The Kier molecular flexibility index (Phi) is 9.92. The van der Waals surface area contributed by atoms with Crippen LogP contribution < -0.4 is 0 Å². The van der Waals surface area contributed by atoms with Crippen LogP contribution >= 0.6 is 0 Å². The van der Waals surface area contributed by atoms with Gasteiger partial charge in [0.05, 0.1) is 12.4 Å². The number of rotatable bonds is 9. The molecular formula is C8H18O4S2. The maximum absolute atomic E-state index is 11.2. The van der Waals surface area contributed by atoms with Gasteiger partial charge in [-0.25, -0.2) is 8.42 Å². The second-order valence-corrected chi connectivity index (χ2v) is 7.14. The van der Waals surface area contributed by atoms with E-state index in [9.17, 15) is 8.42 Å². The molecule has 0 aromatic carbocycles. The van der Waals surface area contributed by atoms with Gasteiger partial charge in [-0.1, -0.05) is 12.8 Å². The average Bonchev–Trinajstić information content (AvgIpc) is 2.17. The molecule has 0 aliphatic rings. The summed E-state index contributed by atoms with van der Waals surface area (Å²) in [6.07, 6.45) is 3.36. The van der Waals surface area contributed by atoms with Crippen molar-refractivity contribution in [2.75, 3.05) is 24.7 Å². The predicted molar refractivity (Wildman–Crippen MR) is 58.7 cm³/mol. The third-order valence-electron chi connectivity index (χ3n) is 1.68. The second-order valence-electron chi connectivity index (χ2n) is 2.88. The molecule has 0 aromatic heterocycles. The van der Waals surface area contributed by atoms with E-state index in [1.54, 1.807) is 0 Å². The molecule has 0 radical (unpaired) electrons. The highest BCUT2D eigenvalue weighted by Gasteiger charge is 2.07. The van der Waals surface area contributed by atoms with Crippen LogP contribution in [0.1, 0.15) is 25.7 Å². The van der Waals surface area contributed by atoms with Crippen LogP contribution in [-0.4, -0.2) is 43.4 Å². The highest BCUT2D eigenvalue weighted by molar-refractivity contribution is 8.61. The smallest absolute Gasteiger partial charge is 0.113 e. The first-order chi connectivity index (χ1) is 6.72. The summed E-state index contributed by atoms with van der Waals surface area (Å²) >= 11 is 0. The van der Waals surface area contributed by atoms with Gasteiger partial charge < -0.3 is 10.2 Å². The molecule has 2 unspecified atom stereocenters. The van der Waals surface area contributed by atoms with Crippen molar-refractivity contribution in [1.29, 1.82) is 0 Å². The van der Waals surface area contributed by atoms with E-state index in [0.717, 1.165) is 25.7 Å². The molecule has 0 amide bonds. The number of hydrogen-bond acceptors (Lipinski definition) is 4. The van der Waals surface area contributed by atoms with E-state index >= 15 is 0 Å². The van der Waals surface area contributed by atoms with Gasteiger partial charge in [-0.05, 0) is 12.8 Å². The van der Waals surface area contributed by atoms with Crippen LogP contribution in [0.5, 0.6) is 0 Å². The van der Waals surface area contributed by atoms with Gasteiger partial charge in [-0.2, -0.15) is 0 Å². The van der Waals surface area contributed by atoms with Crippen LogP contribution in [-0.2, 0) is 19.7 Å². The molecule has 0 saturated heterocycles. The summed E-state index contributed by atoms with van der Waals surface area (Å²) in [5.41, 5.74) is 0. The Morgan fingerprint density at radius 2 is 1.29 bits per heavy atom. The van der Waals surface area contributed by atoms with Gasteiger partial charge in [-0.15, -0.1) is 0 Å². The van der Waals surface area contributed by atoms with Crippen molar-refractivity contribution in [2.24, 2.45) is 0 Å². The predicted octanol–water partition coefficient (Wildman–Crippen LogP) is -0.0562. The van der Waals surface area contributed by atoms with E-state index in [-0.39, 0.29) is 19.0 Å². The molecule has 0 fully saturated rings. The minimum Gasteiger partial charge on any atom is -0.396 e. The fourth-order valence-electron chi connectivity index (χ4n) is 0.946. The first-order valence-electron chi connectivity index (χ1n) is 4.71. The summed E-state index contributed by atoms with van der Waals surface area (Å²) in [6, 6.07) is 0. The first kappa shape index (κ1) is 14.2. The standard InChI is InChI=1S/C8H18O4S2/c9-5-3-1-2-4-7-13(11)14(12)8-6-10/h9-10H,1-8H2. The molecule has 0 aliphatic carbocycles. The molecule has 0 rings (SSSR count). The topological polar surface area (TPSA) is 74.6 Å². The van der Waals surface area contributed by atoms with E-state index < -0.39 is 19.7 Å². The summed E-state index contributed by atoms with van der Waals surface area (Å²) in [5.74, 6) is 0.529. The Bertz CT molecular complexity index is 184. The fraction of sp³-hybridized carbons (Fsp3) is 1.00. The molecule has 4 nitrogen and oxygen atoms in total. The SMILES string of the molecule is O=S(CCO)S(=O)CCCCCCO. The summed E-state index contributed by atoms with van der Waals surface area (Å²) < 4.78 is 22.3. The van der Waals surface area contributed by atoms with Crippen LogP contribution in [0.2, 0.25) is 0 Å². The van der Waals surface area contributed by atoms with Gasteiger partial charge >= 0.3 is 0 Å². The molecule has 0 bridgehead atoms. The van der Waals surface area contributed by atoms with E-state index in [4.69, 9.17) is 10.2 Å². The van der Waals surface area contributed by atoms with Gasteiger partial charge in [0.1, 0.15) is 19.7 Å². The summed E-state index contributed by atoms with van der Waals surface area (Å²) in [7, 11) is -2.72. The Morgan fingerprint density at radius 1 is 0.714 bits per heavy atom. The van der Waals surface area contributed by atoms with E-state index in [0.29, 0.717) is 5.75 Å². The highest BCUT2D eigenvalue weighted by atomic mass is 33.1. The largest absolute Gasteiger partial charge is 0.396 e. The Balaban J connectivity index is 3.39. The summed E-state index contributed by atoms with van der Waals surface area (Å²) in [6.45, 7) is 0.0163. The summed E-state index contributed by atoms with van der Waals surface area (Å²) in [4.78, 5) is 0. The van der Waals surface area contributed by atoms with Crippen molar-refractivity contribution < 1.29 is 18.6 Å². The quantitative estimate of drug-likeness (QED) is 0.439. The molecule has 0 saturated carbocycles. The molecule has 2 N–H and O–H groups in total. The van der Waals surface area contributed by atoms with Gasteiger partial charge in [0.25, 0.3) is 0 Å². The van der Waals surface area contributed by atoms with Crippen molar-refractivity contribution in [3.63, 3.8) is 0 Å². The van der Waals surface area contributed by atoms with Crippen molar-refractivity contribution >= 4 is 19.7 Å². The monoisotopic (exact) mass is 242 g/mol. The molecule has 0 aliphatic heterocycles. The van der Waals surface area contributed by atoms with Gasteiger partial charge in [0.15, 0.2) is 0 Å². The minimum absolute atomic E-state index is 0.100. The lowest BCUT2D eigenvalue weighted by Crippen LogP contribution is -2.10. The van der Waals surface area contributed by atoms with Crippen LogP contribution in [0.15, 0.2) is 0 Å². The number of unbranched alkanes of at least 4 members (excludes halogenated alkanes) is 3. The van der Waals surface area contributed by atoms with Crippen LogP contribution in [0, 0.1) is 0 Å². The molecule has 14 heavy (non-hydrogen) atoms. The highest BCUT2D eigenvalue weighted by Crippen LogP contribution is 2.02. The van der Waals surface area contributed by atoms with Gasteiger partial charge in [0.2, 0.25) is 0 Å². The van der Waals surface area contributed by atoms with Gasteiger partial charge in [0, 0.05) is 12.4 Å². The van der Waals surface area contributed by atoms with Crippen LogP contribution in [0.3, 0.4) is 0 Å². The van der Waals surface area contributed by atoms with Crippen LogP contribution in [0.25, 0.3) is 0 Å². The number of aliphatic hydroxyl groups excluding tert-OH is 2. The molecular weight excluding hydrogens is 224 g/mol. The molecule has 0 spiro atoms. The van der Waals surface area contributed by atoms with Crippen molar-refractivity contribution in [1.82, 2.24) is 0 Å². The molecule has 2 atom stereocenters. The maximum Gasteiger partial charge on any atom is 0.113 e. The second kappa shape index (κ2) is 9.76. The maximum atomic E-state index is 11.2. The zero-order chi connectivity index (χ0) is 10.8. The van der Waals surface area contributed by atoms with E-state index in [1.807, 2.05) is 0 Å². The molecule has 86 valence electrons. The Morgan fingerprint density at radius 3 is 1.86 bits per heavy atom. The Labute approximate surface area is 89.0 Å². The third-order valence-corrected chi connectivity index (χ3v) is 5.48. The van der Waals surface area contributed by atoms with E-state index in [2.05, 4.69) is 0 Å². The zero-order valence-corrected chi connectivity index (χ0v) is 9.82.